The molecule has 1 atom stereocenters. The number of alkyl carbamates (subject to hydrolysis) is 1. The number of amides is 2. The SMILES string of the molecule is Cc1ccc(C)c(NC(=O)C(Cc2ccccc2C)NC(=O)OC(C)(C)C)c1. The number of carbonyl (C=O) groups is 2. The standard InChI is InChI=1S/C23H30N2O3/c1-15-11-12-17(3)19(13-15)24-21(26)20(25-22(27)28-23(4,5)6)14-18-10-8-7-9-16(18)2/h7-13,20H,14H2,1-6H3,(H,24,26)(H,25,27). The maximum absolute atomic E-state index is 13.0. The first-order chi connectivity index (χ1) is 13.0. The summed E-state index contributed by atoms with van der Waals surface area (Å²) < 4.78 is 5.35. The van der Waals surface area contributed by atoms with Gasteiger partial charge in [0.25, 0.3) is 0 Å². The van der Waals surface area contributed by atoms with Crippen LogP contribution in [0.25, 0.3) is 0 Å². The lowest BCUT2D eigenvalue weighted by Gasteiger charge is -2.24. The maximum atomic E-state index is 13.0. The first kappa shape index (κ1) is 21.5. The molecule has 1 unspecified atom stereocenters. The van der Waals surface area contributed by atoms with Crippen molar-refractivity contribution >= 4 is 17.7 Å². The summed E-state index contributed by atoms with van der Waals surface area (Å²) in [6.07, 6.45) is -0.231. The molecule has 2 amide bonds. The summed E-state index contributed by atoms with van der Waals surface area (Å²) in [5, 5.41) is 5.68. The molecule has 0 aliphatic rings. The van der Waals surface area contributed by atoms with Gasteiger partial charge in [0.1, 0.15) is 11.6 Å². The minimum atomic E-state index is -0.754. The van der Waals surface area contributed by atoms with Gasteiger partial charge in [-0.3, -0.25) is 4.79 Å². The number of carbonyl (C=O) groups excluding carboxylic acids is 2. The van der Waals surface area contributed by atoms with E-state index >= 15 is 0 Å². The van der Waals surface area contributed by atoms with Crippen molar-refractivity contribution in [1.82, 2.24) is 5.32 Å². The van der Waals surface area contributed by atoms with E-state index in [1.165, 1.54) is 0 Å². The number of anilines is 1. The van der Waals surface area contributed by atoms with Gasteiger partial charge in [-0.1, -0.05) is 36.4 Å². The number of nitrogens with one attached hydrogen (secondary N) is 2. The zero-order chi connectivity index (χ0) is 20.9. The third-order valence-electron chi connectivity index (χ3n) is 4.34. The zero-order valence-corrected chi connectivity index (χ0v) is 17.6. The van der Waals surface area contributed by atoms with E-state index in [4.69, 9.17) is 4.74 Å². The fourth-order valence-corrected chi connectivity index (χ4v) is 2.81. The van der Waals surface area contributed by atoms with Crippen molar-refractivity contribution in [2.24, 2.45) is 0 Å². The van der Waals surface area contributed by atoms with Gasteiger partial charge in [-0.25, -0.2) is 4.79 Å². The Balaban J connectivity index is 2.23. The summed E-state index contributed by atoms with van der Waals surface area (Å²) >= 11 is 0. The van der Waals surface area contributed by atoms with Crippen molar-refractivity contribution in [3.05, 3.63) is 64.7 Å². The summed E-state index contributed by atoms with van der Waals surface area (Å²) in [5.41, 5.74) is 4.19. The molecule has 28 heavy (non-hydrogen) atoms. The molecule has 2 aromatic rings. The first-order valence-corrected chi connectivity index (χ1v) is 9.47. The first-order valence-electron chi connectivity index (χ1n) is 9.47. The van der Waals surface area contributed by atoms with Gasteiger partial charge < -0.3 is 15.4 Å². The third kappa shape index (κ3) is 6.41. The molecule has 0 spiro atoms. The van der Waals surface area contributed by atoms with E-state index in [9.17, 15) is 9.59 Å². The van der Waals surface area contributed by atoms with E-state index in [-0.39, 0.29) is 5.91 Å². The Morgan fingerprint density at radius 1 is 1.00 bits per heavy atom. The molecular weight excluding hydrogens is 352 g/mol. The highest BCUT2D eigenvalue weighted by Crippen LogP contribution is 2.18. The highest BCUT2D eigenvalue weighted by molar-refractivity contribution is 5.97. The number of hydrogen-bond acceptors (Lipinski definition) is 3. The predicted octanol–water partition coefficient (Wildman–Crippen LogP) is 4.69. The molecule has 0 aromatic heterocycles. The molecule has 5 heteroatoms. The van der Waals surface area contributed by atoms with Gasteiger partial charge in [-0.15, -0.1) is 0 Å². The fraction of sp³-hybridized carbons (Fsp3) is 0.391. The lowest BCUT2D eigenvalue weighted by molar-refractivity contribution is -0.118. The van der Waals surface area contributed by atoms with Crippen LogP contribution in [0.5, 0.6) is 0 Å². The summed E-state index contributed by atoms with van der Waals surface area (Å²) in [4.78, 5) is 25.3. The minimum absolute atomic E-state index is 0.275. The number of benzene rings is 2. The molecule has 2 N–H and O–H groups in total. The van der Waals surface area contributed by atoms with Crippen LogP contribution >= 0.6 is 0 Å². The topological polar surface area (TPSA) is 67.4 Å². The number of aryl methyl sites for hydroxylation is 3. The summed E-state index contributed by atoms with van der Waals surface area (Å²) in [7, 11) is 0. The van der Waals surface area contributed by atoms with Crippen LogP contribution in [0.3, 0.4) is 0 Å². The number of hydrogen-bond donors (Lipinski definition) is 2. The van der Waals surface area contributed by atoms with E-state index in [0.29, 0.717) is 6.42 Å². The van der Waals surface area contributed by atoms with E-state index < -0.39 is 17.7 Å². The van der Waals surface area contributed by atoms with Crippen molar-refractivity contribution in [1.29, 1.82) is 0 Å². The Kier molecular flexibility index (Phi) is 6.84. The molecule has 0 heterocycles. The highest BCUT2D eigenvalue weighted by atomic mass is 16.6. The summed E-state index contributed by atoms with van der Waals surface area (Å²) in [5.74, 6) is -0.275. The highest BCUT2D eigenvalue weighted by Gasteiger charge is 2.25. The van der Waals surface area contributed by atoms with Gasteiger partial charge in [-0.2, -0.15) is 0 Å². The van der Waals surface area contributed by atoms with E-state index in [0.717, 1.165) is 27.9 Å². The zero-order valence-electron chi connectivity index (χ0n) is 17.6. The molecule has 2 rings (SSSR count). The quantitative estimate of drug-likeness (QED) is 0.788. The molecule has 150 valence electrons. The molecule has 0 saturated heterocycles. The predicted molar refractivity (Wildman–Crippen MR) is 113 cm³/mol. The van der Waals surface area contributed by atoms with Gasteiger partial charge >= 0.3 is 6.09 Å². The van der Waals surface area contributed by atoms with Crippen LogP contribution in [-0.2, 0) is 16.0 Å². The minimum Gasteiger partial charge on any atom is -0.444 e. The molecule has 5 nitrogen and oxygen atoms in total. The third-order valence-corrected chi connectivity index (χ3v) is 4.34. The lowest BCUT2D eigenvalue weighted by atomic mass is 10.0. The molecule has 2 aromatic carbocycles. The van der Waals surface area contributed by atoms with Crippen LogP contribution in [0.15, 0.2) is 42.5 Å². The van der Waals surface area contributed by atoms with Gasteiger partial charge in [0.2, 0.25) is 5.91 Å². The number of ether oxygens (including phenoxy) is 1. The van der Waals surface area contributed by atoms with Crippen molar-refractivity contribution < 1.29 is 14.3 Å². The fourth-order valence-electron chi connectivity index (χ4n) is 2.81. The van der Waals surface area contributed by atoms with Gasteiger partial charge in [0, 0.05) is 12.1 Å². The van der Waals surface area contributed by atoms with Gasteiger partial charge in [-0.05, 0) is 69.9 Å². The van der Waals surface area contributed by atoms with E-state index in [2.05, 4.69) is 10.6 Å². The number of rotatable bonds is 5. The van der Waals surface area contributed by atoms with E-state index in [1.54, 1.807) is 20.8 Å². The Hall–Kier alpha value is -2.82. The molecular formula is C23H30N2O3. The van der Waals surface area contributed by atoms with Gasteiger partial charge in [0.15, 0.2) is 0 Å². The van der Waals surface area contributed by atoms with Crippen molar-refractivity contribution in [2.75, 3.05) is 5.32 Å². The molecule has 0 aliphatic carbocycles. The summed E-state index contributed by atoms with van der Waals surface area (Å²) in [6.45, 7) is 11.3. The van der Waals surface area contributed by atoms with Crippen LogP contribution in [-0.4, -0.2) is 23.6 Å². The Morgan fingerprint density at radius 3 is 2.32 bits per heavy atom. The normalized spacial score (nSPS) is 12.2. The summed E-state index contributed by atoms with van der Waals surface area (Å²) in [6, 6.07) is 13.0. The second kappa shape index (κ2) is 8.91. The van der Waals surface area contributed by atoms with E-state index in [1.807, 2.05) is 63.2 Å². The van der Waals surface area contributed by atoms with Crippen molar-refractivity contribution in [3.63, 3.8) is 0 Å². The molecule has 0 saturated carbocycles. The smallest absolute Gasteiger partial charge is 0.408 e. The van der Waals surface area contributed by atoms with Crippen LogP contribution < -0.4 is 10.6 Å². The maximum Gasteiger partial charge on any atom is 0.408 e. The van der Waals surface area contributed by atoms with Crippen LogP contribution in [0.1, 0.15) is 43.0 Å². The monoisotopic (exact) mass is 382 g/mol. The second-order valence-corrected chi connectivity index (χ2v) is 8.14. The van der Waals surface area contributed by atoms with Crippen molar-refractivity contribution in [3.8, 4) is 0 Å². The van der Waals surface area contributed by atoms with Crippen LogP contribution in [0, 0.1) is 20.8 Å². The average Bonchev–Trinajstić information content (AvgIpc) is 2.57. The second-order valence-electron chi connectivity index (χ2n) is 8.14. The lowest BCUT2D eigenvalue weighted by Crippen LogP contribution is -2.47. The molecule has 0 aliphatic heterocycles. The Labute approximate surface area is 167 Å². The molecule has 0 radical (unpaired) electrons. The Bertz CT molecular complexity index is 853. The largest absolute Gasteiger partial charge is 0.444 e. The van der Waals surface area contributed by atoms with Crippen LogP contribution in [0.4, 0.5) is 10.5 Å². The van der Waals surface area contributed by atoms with Crippen LogP contribution in [0.2, 0.25) is 0 Å². The Morgan fingerprint density at radius 2 is 1.68 bits per heavy atom. The average molecular weight is 383 g/mol. The van der Waals surface area contributed by atoms with Crippen molar-refractivity contribution in [2.45, 2.75) is 59.6 Å². The molecule has 0 bridgehead atoms. The molecule has 0 fully saturated rings. The van der Waals surface area contributed by atoms with Gasteiger partial charge in [0.05, 0.1) is 0 Å².